The van der Waals surface area contributed by atoms with Crippen LogP contribution in [0.5, 0.6) is 17.2 Å². The summed E-state index contributed by atoms with van der Waals surface area (Å²) in [7, 11) is 2.85. The average Bonchev–Trinajstić information content (AvgIpc) is 2.42. The van der Waals surface area contributed by atoms with Gasteiger partial charge in [0.1, 0.15) is 17.8 Å². The number of hydrogen-bond acceptors (Lipinski definition) is 6. The molecule has 116 valence electrons. The molecule has 0 saturated heterocycles. The second kappa shape index (κ2) is 5.20. The Bertz CT molecular complexity index is 578. The van der Waals surface area contributed by atoms with Crippen LogP contribution >= 0.6 is 0 Å². The molecule has 0 aromatic heterocycles. The van der Waals surface area contributed by atoms with Crippen molar-refractivity contribution < 1.29 is 29.2 Å². The SMILES string of the molecule is COc1c(C(C)=O)cc2c(c1OC)OC(C)(C)[C@H](O)[C@H]2O. The second-order valence-electron chi connectivity index (χ2n) is 5.56. The van der Waals surface area contributed by atoms with E-state index in [2.05, 4.69) is 0 Å². The summed E-state index contributed by atoms with van der Waals surface area (Å²) in [6, 6.07) is 1.47. The lowest BCUT2D eigenvalue weighted by atomic mass is 9.87. The summed E-state index contributed by atoms with van der Waals surface area (Å²) < 4.78 is 16.3. The molecule has 1 aromatic rings. The number of methoxy groups -OCH3 is 2. The lowest BCUT2D eigenvalue weighted by molar-refractivity contribution is -0.112. The minimum Gasteiger partial charge on any atom is -0.492 e. The van der Waals surface area contributed by atoms with Crippen LogP contribution in [0.4, 0.5) is 0 Å². The minimum atomic E-state index is -1.18. The maximum absolute atomic E-state index is 11.8. The first-order valence-corrected chi connectivity index (χ1v) is 6.59. The zero-order valence-corrected chi connectivity index (χ0v) is 12.8. The van der Waals surface area contributed by atoms with E-state index in [1.54, 1.807) is 13.8 Å². The minimum absolute atomic E-state index is 0.235. The number of carbonyl (C=O) groups excluding carboxylic acids is 1. The molecule has 0 aliphatic carbocycles. The van der Waals surface area contributed by atoms with Gasteiger partial charge in [0.05, 0.1) is 19.8 Å². The van der Waals surface area contributed by atoms with Crippen molar-refractivity contribution in [1.29, 1.82) is 0 Å². The smallest absolute Gasteiger partial charge is 0.204 e. The fourth-order valence-electron chi connectivity index (χ4n) is 2.49. The number of ketones is 1. The molecule has 0 saturated carbocycles. The molecule has 0 radical (unpaired) electrons. The fraction of sp³-hybridized carbons (Fsp3) is 0.533. The zero-order chi connectivity index (χ0) is 15.9. The highest BCUT2D eigenvalue weighted by Gasteiger charge is 2.44. The molecule has 2 N–H and O–H groups in total. The summed E-state index contributed by atoms with van der Waals surface area (Å²) in [6.45, 7) is 4.71. The first kappa shape index (κ1) is 15.6. The number of aliphatic hydroxyl groups is 2. The summed E-state index contributed by atoms with van der Waals surface area (Å²) in [4.78, 5) is 11.8. The van der Waals surface area contributed by atoms with Crippen molar-refractivity contribution in [3.05, 3.63) is 17.2 Å². The van der Waals surface area contributed by atoms with Crippen molar-refractivity contribution in [2.75, 3.05) is 14.2 Å². The van der Waals surface area contributed by atoms with E-state index in [9.17, 15) is 15.0 Å². The normalized spacial score (nSPS) is 23.0. The van der Waals surface area contributed by atoms with Gasteiger partial charge in [0.2, 0.25) is 5.75 Å². The molecule has 0 amide bonds. The molecule has 1 aromatic carbocycles. The average molecular weight is 296 g/mol. The van der Waals surface area contributed by atoms with E-state index in [0.29, 0.717) is 5.56 Å². The molecular weight excluding hydrogens is 276 g/mol. The van der Waals surface area contributed by atoms with Gasteiger partial charge in [0.15, 0.2) is 17.3 Å². The third-order valence-electron chi connectivity index (χ3n) is 3.70. The fourth-order valence-corrected chi connectivity index (χ4v) is 2.49. The van der Waals surface area contributed by atoms with Crippen molar-refractivity contribution in [1.82, 2.24) is 0 Å². The largest absolute Gasteiger partial charge is 0.492 e. The van der Waals surface area contributed by atoms with Gasteiger partial charge in [-0.3, -0.25) is 4.79 Å². The maximum atomic E-state index is 11.8. The molecule has 1 aliphatic heterocycles. The number of fused-ring (bicyclic) bond motifs is 1. The van der Waals surface area contributed by atoms with Gasteiger partial charge in [-0.2, -0.15) is 0 Å². The summed E-state index contributed by atoms with van der Waals surface area (Å²) in [6.07, 6.45) is -2.30. The van der Waals surface area contributed by atoms with Crippen LogP contribution in [0.1, 0.15) is 42.8 Å². The predicted molar refractivity (Wildman–Crippen MR) is 75.2 cm³/mol. The number of rotatable bonds is 3. The third kappa shape index (κ3) is 2.34. The van der Waals surface area contributed by atoms with Crippen molar-refractivity contribution in [3.8, 4) is 17.2 Å². The molecule has 0 bridgehead atoms. The van der Waals surface area contributed by atoms with Crippen molar-refractivity contribution >= 4 is 5.78 Å². The van der Waals surface area contributed by atoms with Crippen LogP contribution in [0.3, 0.4) is 0 Å². The Balaban J connectivity index is 2.76. The molecule has 21 heavy (non-hydrogen) atoms. The lowest BCUT2D eigenvalue weighted by Gasteiger charge is -2.40. The van der Waals surface area contributed by atoms with Crippen LogP contribution in [0.25, 0.3) is 0 Å². The highest BCUT2D eigenvalue weighted by atomic mass is 16.6. The molecule has 0 fully saturated rings. The van der Waals surface area contributed by atoms with E-state index in [1.165, 1.54) is 27.2 Å². The Morgan fingerprint density at radius 3 is 2.29 bits per heavy atom. The number of Topliss-reactive ketones (excluding diaryl/α,β-unsaturated/α-hetero) is 1. The van der Waals surface area contributed by atoms with E-state index in [4.69, 9.17) is 14.2 Å². The van der Waals surface area contributed by atoms with Crippen LogP contribution in [0.15, 0.2) is 6.07 Å². The molecule has 2 rings (SSSR count). The molecule has 1 aliphatic rings. The van der Waals surface area contributed by atoms with Gasteiger partial charge in [-0.25, -0.2) is 0 Å². The third-order valence-corrected chi connectivity index (χ3v) is 3.70. The molecule has 6 heteroatoms. The molecule has 6 nitrogen and oxygen atoms in total. The van der Waals surface area contributed by atoms with Crippen molar-refractivity contribution in [3.63, 3.8) is 0 Å². The van der Waals surface area contributed by atoms with Gasteiger partial charge in [-0.15, -0.1) is 0 Å². The topological polar surface area (TPSA) is 85.2 Å². The van der Waals surface area contributed by atoms with Crippen molar-refractivity contribution in [2.24, 2.45) is 0 Å². The molecule has 2 atom stereocenters. The summed E-state index contributed by atoms with van der Waals surface area (Å²) in [5, 5.41) is 20.5. The number of ether oxygens (including phenoxy) is 3. The number of carbonyl (C=O) groups is 1. The first-order chi connectivity index (χ1) is 9.74. The lowest BCUT2D eigenvalue weighted by Crippen LogP contribution is -2.48. The van der Waals surface area contributed by atoms with Gasteiger partial charge in [0.25, 0.3) is 0 Å². The molecule has 0 unspecified atom stereocenters. The number of hydrogen-bond donors (Lipinski definition) is 2. The number of aliphatic hydroxyl groups excluding tert-OH is 2. The summed E-state index contributed by atoms with van der Waals surface area (Å²) in [5.74, 6) is 0.531. The Labute approximate surface area is 123 Å². The second-order valence-corrected chi connectivity index (χ2v) is 5.56. The van der Waals surface area contributed by atoms with E-state index >= 15 is 0 Å². The van der Waals surface area contributed by atoms with Crippen LogP contribution in [-0.2, 0) is 0 Å². The summed E-state index contributed by atoms with van der Waals surface area (Å²) >= 11 is 0. The highest BCUT2D eigenvalue weighted by Crippen LogP contribution is 2.50. The van der Waals surface area contributed by atoms with Gasteiger partial charge in [-0.1, -0.05) is 0 Å². The van der Waals surface area contributed by atoms with Gasteiger partial charge >= 0.3 is 0 Å². The van der Waals surface area contributed by atoms with Crippen LogP contribution < -0.4 is 14.2 Å². The molecular formula is C15H20O6. The quantitative estimate of drug-likeness (QED) is 0.822. The van der Waals surface area contributed by atoms with Crippen LogP contribution in [0, 0.1) is 0 Å². The van der Waals surface area contributed by atoms with E-state index < -0.39 is 17.8 Å². The van der Waals surface area contributed by atoms with Crippen LogP contribution in [-0.4, -0.2) is 41.9 Å². The monoisotopic (exact) mass is 296 g/mol. The van der Waals surface area contributed by atoms with E-state index in [-0.39, 0.29) is 28.6 Å². The van der Waals surface area contributed by atoms with Crippen molar-refractivity contribution in [2.45, 2.75) is 38.6 Å². The Morgan fingerprint density at radius 1 is 1.24 bits per heavy atom. The predicted octanol–water partition coefficient (Wildman–Crippen LogP) is 1.47. The Hall–Kier alpha value is -1.79. The highest BCUT2D eigenvalue weighted by molar-refractivity contribution is 5.98. The Morgan fingerprint density at radius 2 is 1.81 bits per heavy atom. The maximum Gasteiger partial charge on any atom is 0.204 e. The molecule has 0 spiro atoms. The molecule has 1 heterocycles. The number of benzene rings is 1. The van der Waals surface area contributed by atoms with Gasteiger partial charge < -0.3 is 24.4 Å². The Kier molecular flexibility index (Phi) is 3.86. The van der Waals surface area contributed by atoms with Gasteiger partial charge in [0, 0.05) is 5.56 Å². The van der Waals surface area contributed by atoms with Gasteiger partial charge in [-0.05, 0) is 26.8 Å². The van der Waals surface area contributed by atoms with Crippen LogP contribution in [0.2, 0.25) is 0 Å². The summed E-state index contributed by atoms with van der Waals surface area (Å²) in [5.41, 5.74) is -0.421. The first-order valence-electron chi connectivity index (χ1n) is 6.59. The van der Waals surface area contributed by atoms with E-state index in [1.807, 2.05) is 0 Å². The van der Waals surface area contributed by atoms with E-state index in [0.717, 1.165) is 0 Å². The zero-order valence-electron chi connectivity index (χ0n) is 12.8. The standard InChI is InChI=1S/C15H20O6/c1-7(16)8-6-9-10(17)14(18)15(2,3)21-12(9)13(20-5)11(8)19-4/h6,10,14,17-18H,1-5H3/t10-,14+/m0/s1.